The van der Waals surface area contributed by atoms with E-state index in [1.165, 1.54) is 12.1 Å². The summed E-state index contributed by atoms with van der Waals surface area (Å²) in [5.41, 5.74) is 0.218. The number of nitrogens with one attached hydrogen (secondary N) is 1. The van der Waals surface area contributed by atoms with Crippen molar-refractivity contribution in [1.82, 2.24) is 4.98 Å². The van der Waals surface area contributed by atoms with Crippen LogP contribution in [0.4, 0.5) is 5.82 Å². The molecule has 2 bridgehead atoms. The van der Waals surface area contributed by atoms with Gasteiger partial charge in [0.2, 0.25) is 5.75 Å². The Bertz CT molecular complexity index is 777. The van der Waals surface area contributed by atoms with Crippen LogP contribution >= 0.6 is 7.82 Å². The van der Waals surface area contributed by atoms with Crippen LogP contribution in [0.5, 0.6) is 17.2 Å². The van der Waals surface area contributed by atoms with Gasteiger partial charge in [-0.05, 0) is 24.3 Å². The maximum absolute atomic E-state index is 12.2. The number of benzene rings is 1. The number of phosphoric acid groups is 1. The zero-order valence-electron chi connectivity index (χ0n) is 9.90. The summed E-state index contributed by atoms with van der Waals surface area (Å²) < 4.78 is 27.0. The number of carbonyl (C=O) groups excluding carboxylic acids is 1. The molecule has 0 saturated carbocycles. The number of carbonyl (C=O) groups is 1. The second kappa shape index (κ2) is 3.74. The molecule has 0 spiro atoms. The van der Waals surface area contributed by atoms with E-state index in [0.717, 1.165) is 0 Å². The molecule has 3 heterocycles. The Morgan fingerprint density at radius 3 is 2.70 bits per heavy atom. The molecule has 4 rings (SSSR count). The monoisotopic (exact) mass is 290 g/mol. The van der Waals surface area contributed by atoms with Crippen molar-refractivity contribution in [3.63, 3.8) is 0 Å². The average molecular weight is 290 g/mol. The number of amides is 1. The minimum atomic E-state index is -3.59. The van der Waals surface area contributed by atoms with Crippen molar-refractivity contribution in [2.45, 2.75) is 0 Å². The van der Waals surface area contributed by atoms with Crippen molar-refractivity contribution in [3.8, 4) is 17.2 Å². The summed E-state index contributed by atoms with van der Waals surface area (Å²) in [4.78, 5) is 16.2. The highest BCUT2D eigenvalue weighted by Crippen LogP contribution is 2.69. The number of hydrogen-bond donors (Lipinski definition) is 1. The molecular formula is C12H7N2O5P. The van der Waals surface area contributed by atoms with Crippen LogP contribution in [0.3, 0.4) is 0 Å². The van der Waals surface area contributed by atoms with Gasteiger partial charge in [-0.3, -0.25) is 4.79 Å². The molecule has 1 atom stereocenters. The third kappa shape index (κ3) is 1.57. The zero-order chi connectivity index (χ0) is 13.7. The van der Waals surface area contributed by atoms with Crippen LogP contribution in [-0.4, -0.2) is 10.9 Å². The standard InChI is InChI=1S/C12H7N2O5P/c15-12(14-9-3-1-2-6-13-9)7-4-5-8-11-10(7)18-20(16,17-8)19-11/h1-6H,(H,13,14,15). The first-order valence-corrected chi connectivity index (χ1v) is 7.19. The third-order valence-electron chi connectivity index (χ3n) is 2.84. The smallest absolute Gasteiger partial charge is 0.382 e. The number of anilines is 1. The van der Waals surface area contributed by atoms with Gasteiger partial charge in [0, 0.05) is 6.20 Å². The largest absolute Gasteiger partial charge is 0.647 e. The highest BCUT2D eigenvalue weighted by atomic mass is 31.2. The Morgan fingerprint density at radius 2 is 1.95 bits per heavy atom. The molecule has 1 amide bonds. The zero-order valence-corrected chi connectivity index (χ0v) is 10.8. The van der Waals surface area contributed by atoms with Crippen molar-refractivity contribution in [1.29, 1.82) is 0 Å². The predicted molar refractivity (Wildman–Crippen MR) is 68.1 cm³/mol. The molecule has 0 fully saturated rings. The number of aromatic nitrogens is 1. The Morgan fingerprint density at radius 1 is 1.10 bits per heavy atom. The lowest BCUT2D eigenvalue weighted by atomic mass is 10.1. The normalized spacial score (nSPS) is 20.8. The van der Waals surface area contributed by atoms with Crippen molar-refractivity contribution in [3.05, 3.63) is 42.1 Å². The van der Waals surface area contributed by atoms with Crippen LogP contribution in [0.2, 0.25) is 0 Å². The van der Waals surface area contributed by atoms with Crippen LogP contribution < -0.4 is 18.9 Å². The lowest BCUT2D eigenvalue weighted by Crippen LogP contribution is -2.14. The van der Waals surface area contributed by atoms with Gasteiger partial charge in [-0.15, -0.1) is 0 Å². The Kier molecular flexibility index (Phi) is 2.11. The number of nitrogens with zero attached hydrogens (tertiary/aromatic N) is 1. The van der Waals surface area contributed by atoms with E-state index in [0.29, 0.717) is 11.6 Å². The summed E-state index contributed by atoms with van der Waals surface area (Å²) in [5, 5.41) is 2.62. The number of pyridine rings is 1. The molecule has 7 nitrogen and oxygen atoms in total. The van der Waals surface area contributed by atoms with Gasteiger partial charge in [-0.1, -0.05) is 6.07 Å². The molecule has 20 heavy (non-hydrogen) atoms. The van der Waals surface area contributed by atoms with Crippen molar-refractivity contribution >= 4 is 19.5 Å². The second-order valence-electron chi connectivity index (χ2n) is 4.16. The highest BCUT2D eigenvalue weighted by molar-refractivity contribution is 7.50. The van der Waals surface area contributed by atoms with Gasteiger partial charge in [0.1, 0.15) is 5.82 Å². The summed E-state index contributed by atoms with van der Waals surface area (Å²) in [6.45, 7) is 0. The van der Waals surface area contributed by atoms with Crippen molar-refractivity contribution in [2.24, 2.45) is 0 Å². The van der Waals surface area contributed by atoms with Gasteiger partial charge in [0.05, 0.1) is 5.56 Å². The van der Waals surface area contributed by atoms with Crippen molar-refractivity contribution < 1.29 is 22.9 Å². The van der Waals surface area contributed by atoms with Gasteiger partial charge in [0.15, 0.2) is 11.5 Å². The molecule has 1 aromatic carbocycles. The number of phosphoric ester groups is 1. The van der Waals surface area contributed by atoms with E-state index in [2.05, 4.69) is 10.3 Å². The maximum Gasteiger partial charge on any atom is 0.647 e. The Balaban J connectivity index is 1.70. The first-order valence-electron chi connectivity index (χ1n) is 5.73. The van der Waals surface area contributed by atoms with Crippen LogP contribution in [0.25, 0.3) is 0 Å². The van der Waals surface area contributed by atoms with Crippen LogP contribution in [0.1, 0.15) is 10.4 Å². The van der Waals surface area contributed by atoms with Crippen LogP contribution in [0, 0.1) is 0 Å². The number of fused-ring (bicyclic) bond motifs is 1. The molecule has 1 unspecified atom stereocenters. The highest BCUT2D eigenvalue weighted by Gasteiger charge is 2.51. The molecule has 1 N–H and O–H groups in total. The predicted octanol–water partition coefficient (Wildman–Crippen LogP) is 2.61. The summed E-state index contributed by atoms with van der Waals surface area (Å²) in [7, 11) is -3.59. The summed E-state index contributed by atoms with van der Waals surface area (Å²) in [6, 6.07) is 8.19. The topological polar surface area (TPSA) is 86.8 Å². The Labute approximate surface area is 113 Å². The average Bonchev–Trinajstić information content (AvgIpc) is 2.93. The van der Waals surface area contributed by atoms with E-state index >= 15 is 0 Å². The minimum absolute atomic E-state index is 0.144. The molecular weight excluding hydrogens is 283 g/mol. The maximum atomic E-state index is 12.2. The summed E-state index contributed by atoms with van der Waals surface area (Å²) in [5.74, 6) is 0.660. The fraction of sp³-hybridized carbons (Fsp3) is 0. The SMILES string of the molecule is O=C(Nc1ccccn1)c1ccc2c3c1OP(=O)(O2)O3. The molecule has 1 aromatic heterocycles. The van der Waals surface area contributed by atoms with Crippen LogP contribution in [0.15, 0.2) is 36.5 Å². The van der Waals surface area contributed by atoms with Gasteiger partial charge >= 0.3 is 7.82 Å². The molecule has 2 aliphatic heterocycles. The third-order valence-corrected chi connectivity index (χ3v) is 4.08. The summed E-state index contributed by atoms with van der Waals surface area (Å²) >= 11 is 0. The van der Waals surface area contributed by atoms with E-state index in [1.807, 2.05) is 0 Å². The quantitative estimate of drug-likeness (QED) is 0.855. The van der Waals surface area contributed by atoms with E-state index < -0.39 is 13.7 Å². The molecule has 8 heteroatoms. The number of hydrogen-bond acceptors (Lipinski definition) is 6. The second-order valence-corrected chi connectivity index (χ2v) is 5.60. The van der Waals surface area contributed by atoms with E-state index in [-0.39, 0.29) is 17.1 Å². The first-order chi connectivity index (χ1) is 9.65. The lowest BCUT2D eigenvalue weighted by molar-refractivity contribution is 0.102. The molecule has 100 valence electrons. The van der Waals surface area contributed by atoms with Gasteiger partial charge in [-0.25, -0.2) is 4.98 Å². The fourth-order valence-corrected chi connectivity index (χ4v) is 3.29. The van der Waals surface area contributed by atoms with Gasteiger partial charge in [-0.2, -0.15) is 4.57 Å². The van der Waals surface area contributed by atoms with Gasteiger partial charge in [0.25, 0.3) is 5.91 Å². The number of rotatable bonds is 2. The molecule has 2 aliphatic rings. The fourth-order valence-electron chi connectivity index (χ4n) is 1.99. The lowest BCUT2D eigenvalue weighted by Gasteiger charge is -2.12. The molecule has 0 radical (unpaired) electrons. The van der Waals surface area contributed by atoms with Crippen molar-refractivity contribution in [2.75, 3.05) is 5.32 Å². The van der Waals surface area contributed by atoms with Gasteiger partial charge < -0.3 is 18.9 Å². The van der Waals surface area contributed by atoms with E-state index in [9.17, 15) is 9.36 Å². The Hall–Kier alpha value is -2.53. The molecule has 0 saturated heterocycles. The van der Waals surface area contributed by atoms with E-state index in [1.54, 1.807) is 24.4 Å². The molecule has 0 aliphatic carbocycles. The van der Waals surface area contributed by atoms with E-state index in [4.69, 9.17) is 13.6 Å². The van der Waals surface area contributed by atoms with Crippen LogP contribution in [-0.2, 0) is 4.57 Å². The first kappa shape index (κ1) is 11.3. The summed E-state index contributed by atoms with van der Waals surface area (Å²) in [6.07, 6.45) is 1.56. The molecule has 2 aromatic rings. The minimum Gasteiger partial charge on any atom is -0.382 e.